The van der Waals surface area contributed by atoms with Gasteiger partial charge in [0.25, 0.3) is 0 Å². The van der Waals surface area contributed by atoms with Crippen LogP contribution in [0.5, 0.6) is 11.5 Å². The Morgan fingerprint density at radius 2 is 1.90 bits per heavy atom. The number of fused-ring (bicyclic) bond motifs is 3. The second-order valence-corrected chi connectivity index (χ2v) is 7.94. The van der Waals surface area contributed by atoms with Crippen LogP contribution < -0.4 is 14.4 Å². The molecule has 0 radical (unpaired) electrons. The second-order valence-electron chi connectivity index (χ2n) is 7.94. The number of benzene rings is 2. The maximum Gasteiger partial charge on any atom is 0.393 e. The SMILES string of the molecule is FC(F)(F)C1CCCN(c2ccc3nc(-c4n[nH]c5cc6c(cc45)OCO6)[nH]c3c2)C1. The van der Waals surface area contributed by atoms with Gasteiger partial charge in [0.1, 0.15) is 5.69 Å². The third-order valence-electron chi connectivity index (χ3n) is 6.00. The molecule has 160 valence electrons. The van der Waals surface area contributed by atoms with E-state index in [9.17, 15) is 13.2 Å². The fourth-order valence-corrected chi connectivity index (χ4v) is 4.37. The van der Waals surface area contributed by atoms with Crippen molar-refractivity contribution in [2.75, 3.05) is 24.8 Å². The van der Waals surface area contributed by atoms with E-state index in [1.54, 1.807) is 4.90 Å². The molecule has 6 rings (SSSR count). The van der Waals surface area contributed by atoms with E-state index in [2.05, 4.69) is 20.2 Å². The maximum absolute atomic E-state index is 13.2. The van der Waals surface area contributed by atoms with Gasteiger partial charge >= 0.3 is 6.18 Å². The number of aromatic nitrogens is 4. The maximum atomic E-state index is 13.2. The summed E-state index contributed by atoms with van der Waals surface area (Å²) >= 11 is 0. The van der Waals surface area contributed by atoms with Gasteiger partial charge in [-0.05, 0) is 37.1 Å². The number of hydrogen-bond acceptors (Lipinski definition) is 5. The smallest absolute Gasteiger partial charge is 0.393 e. The number of alkyl halides is 3. The van der Waals surface area contributed by atoms with Crippen LogP contribution in [0.25, 0.3) is 33.5 Å². The number of piperidine rings is 1. The van der Waals surface area contributed by atoms with Crippen LogP contribution in [0.2, 0.25) is 0 Å². The predicted octanol–water partition coefficient (Wildman–Crippen LogP) is 4.61. The van der Waals surface area contributed by atoms with Crippen LogP contribution in [0.1, 0.15) is 12.8 Å². The zero-order valence-corrected chi connectivity index (χ0v) is 16.3. The summed E-state index contributed by atoms with van der Waals surface area (Å²) in [6.07, 6.45) is -3.47. The van der Waals surface area contributed by atoms with Crippen molar-refractivity contribution in [1.29, 1.82) is 0 Å². The summed E-state index contributed by atoms with van der Waals surface area (Å²) in [5, 5.41) is 8.21. The quantitative estimate of drug-likeness (QED) is 0.486. The van der Waals surface area contributed by atoms with E-state index in [-0.39, 0.29) is 19.8 Å². The van der Waals surface area contributed by atoms with Crippen molar-refractivity contribution < 1.29 is 22.6 Å². The summed E-state index contributed by atoms with van der Waals surface area (Å²) in [6, 6.07) is 9.20. The highest BCUT2D eigenvalue weighted by molar-refractivity contribution is 5.95. The lowest BCUT2D eigenvalue weighted by atomic mass is 9.97. The van der Waals surface area contributed by atoms with Crippen LogP contribution in [-0.2, 0) is 0 Å². The number of nitrogens with zero attached hydrogens (tertiary/aromatic N) is 3. The van der Waals surface area contributed by atoms with Crippen molar-refractivity contribution in [3.05, 3.63) is 30.3 Å². The standard InChI is InChI=1S/C21H18F3N5O2/c22-21(23,24)11-2-1-5-29(9-11)12-3-4-14-16(6-12)26-20(25-14)19-13-7-17-18(31-10-30-17)8-15(13)27-28-19/h3-4,6-8,11H,1-2,5,9-10H2,(H,25,26)(H,27,28). The summed E-state index contributed by atoms with van der Waals surface area (Å²) in [5.74, 6) is 0.593. The number of aromatic amines is 2. The molecule has 4 heterocycles. The Bertz CT molecular complexity index is 1300. The van der Waals surface area contributed by atoms with Gasteiger partial charge in [-0.25, -0.2) is 4.98 Å². The van der Waals surface area contributed by atoms with Crippen molar-refractivity contribution in [1.82, 2.24) is 20.2 Å². The summed E-state index contributed by atoms with van der Waals surface area (Å²) in [7, 11) is 0. The molecule has 2 aliphatic rings. The normalized spacial score (nSPS) is 18.9. The first-order chi connectivity index (χ1) is 15.0. The highest BCUT2D eigenvalue weighted by Crippen LogP contribution is 2.39. The molecular weight excluding hydrogens is 411 g/mol. The molecule has 2 aromatic heterocycles. The minimum absolute atomic E-state index is 0.0206. The zero-order valence-electron chi connectivity index (χ0n) is 16.3. The summed E-state index contributed by atoms with van der Waals surface area (Å²) < 4.78 is 50.4. The number of imidazole rings is 1. The molecule has 0 spiro atoms. The van der Waals surface area contributed by atoms with E-state index in [0.717, 1.165) is 27.6 Å². The van der Waals surface area contributed by atoms with Gasteiger partial charge < -0.3 is 19.4 Å². The average molecular weight is 429 g/mol. The molecule has 10 heteroatoms. The molecular formula is C21H18F3N5O2. The van der Waals surface area contributed by atoms with Crippen LogP contribution in [0.4, 0.5) is 18.9 Å². The molecule has 0 aliphatic carbocycles. The van der Waals surface area contributed by atoms with Crippen LogP contribution in [-0.4, -0.2) is 46.2 Å². The first kappa shape index (κ1) is 18.3. The molecule has 2 aromatic carbocycles. The third kappa shape index (κ3) is 3.05. The molecule has 0 saturated carbocycles. The minimum atomic E-state index is -4.17. The lowest BCUT2D eigenvalue weighted by Gasteiger charge is -2.35. The van der Waals surface area contributed by atoms with Gasteiger partial charge in [-0.15, -0.1) is 0 Å². The molecule has 1 fully saturated rings. The number of hydrogen-bond donors (Lipinski definition) is 2. The molecule has 4 aromatic rings. The van der Waals surface area contributed by atoms with E-state index < -0.39 is 12.1 Å². The number of nitrogens with one attached hydrogen (secondary N) is 2. The van der Waals surface area contributed by atoms with Crippen LogP contribution in [0, 0.1) is 5.92 Å². The molecule has 2 aliphatic heterocycles. The lowest BCUT2D eigenvalue weighted by molar-refractivity contribution is -0.175. The first-order valence-corrected chi connectivity index (χ1v) is 10.1. The highest BCUT2D eigenvalue weighted by atomic mass is 19.4. The summed E-state index contributed by atoms with van der Waals surface area (Å²) in [5.41, 5.74) is 3.67. The van der Waals surface area contributed by atoms with Crippen molar-refractivity contribution in [3.63, 3.8) is 0 Å². The minimum Gasteiger partial charge on any atom is -0.454 e. The summed E-state index contributed by atoms with van der Waals surface area (Å²) in [6.45, 7) is 0.771. The molecule has 1 saturated heterocycles. The fraction of sp³-hybridized carbons (Fsp3) is 0.333. The lowest BCUT2D eigenvalue weighted by Crippen LogP contribution is -2.41. The number of ether oxygens (including phenoxy) is 2. The predicted molar refractivity (Wildman–Crippen MR) is 108 cm³/mol. The van der Waals surface area contributed by atoms with Gasteiger partial charge in [-0.2, -0.15) is 18.3 Å². The van der Waals surface area contributed by atoms with E-state index in [0.29, 0.717) is 36.0 Å². The van der Waals surface area contributed by atoms with Crippen LogP contribution >= 0.6 is 0 Å². The van der Waals surface area contributed by atoms with Crippen molar-refractivity contribution >= 4 is 27.6 Å². The summed E-state index contributed by atoms with van der Waals surface area (Å²) in [4.78, 5) is 9.69. The number of anilines is 1. The largest absolute Gasteiger partial charge is 0.454 e. The topological polar surface area (TPSA) is 79.1 Å². The van der Waals surface area contributed by atoms with Gasteiger partial charge in [0, 0.05) is 30.2 Å². The molecule has 1 atom stereocenters. The Hall–Kier alpha value is -3.43. The highest BCUT2D eigenvalue weighted by Gasteiger charge is 2.41. The van der Waals surface area contributed by atoms with E-state index >= 15 is 0 Å². The Labute approximate surface area is 174 Å². The zero-order chi connectivity index (χ0) is 21.2. The fourth-order valence-electron chi connectivity index (χ4n) is 4.37. The number of rotatable bonds is 2. The van der Waals surface area contributed by atoms with Crippen LogP contribution in [0.15, 0.2) is 30.3 Å². The van der Waals surface area contributed by atoms with Gasteiger partial charge in [0.05, 0.1) is 22.5 Å². The molecule has 31 heavy (non-hydrogen) atoms. The van der Waals surface area contributed by atoms with E-state index in [4.69, 9.17) is 9.47 Å². The van der Waals surface area contributed by atoms with Crippen molar-refractivity contribution in [3.8, 4) is 23.0 Å². The molecule has 1 unspecified atom stereocenters. The van der Waals surface area contributed by atoms with Gasteiger partial charge in [-0.3, -0.25) is 5.10 Å². The van der Waals surface area contributed by atoms with Gasteiger partial charge in [0.2, 0.25) is 6.79 Å². The molecule has 7 nitrogen and oxygen atoms in total. The molecule has 0 amide bonds. The number of halogens is 3. The van der Waals surface area contributed by atoms with Crippen molar-refractivity contribution in [2.24, 2.45) is 5.92 Å². The Kier molecular flexibility index (Phi) is 3.87. The molecule has 0 bridgehead atoms. The average Bonchev–Trinajstić information content (AvgIpc) is 3.48. The van der Waals surface area contributed by atoms with E-state index in [1.165, 1.54) is 0 Å². The Morgan fingerprint density at radius 1 is 1.06 bits per heavy atom. The van der Waals surface area contributed by atoms with Crippen LogP contribution in [0.3, 0.4) is 0 Å². The Balaban J connectivity index is 1.35. The van der Waals surface area contributed by atoms with Gasteiger partial charge in [-0.1, -0.05) is 0 Å². The second kappa shape index (κ2) is 6.53. The Morgan fingerprint density at radius 3 is 2.74 bits per heavy atom. The van der Waals surface area contributed by atoms with Gasteiger partial charge in [0.15, 0.2) is 17.3 Å². The van der Waals surface area contributed by atoms with Crippen molar-refractivity contribution in [2.45, 2.75) is 19.0 Å². The third-order valence-corrected chi connectivity index (χ3v) is 6.00. The number of H-pyrrole nitrogens is 2. The molecule has 2 N–H and O–H groups in total. The first-order valence-electron chi connectivity index (χ1n) is 10.1. The monoisotopic (exact) mass is 429 g/mol. The van der Waals surface area contributed by atoms with E-state index in [1.807, 2.05) is 30.3 Å².